The zero-order chi connectivity index (χ0) is 7.65. The smallest absolute Gasteiger partial charge is 0.0596 e. The van der Waals surface area contributed by atoms with Gasteiger partial charge >= 0.3 is 0 Å². The number of carboxylic acids is 1. The predicted octanol–water partition coefficient (Wildman–Crippen LogP) is -1.23. The Bertz CT molecular complexity index is 119. The van der Waals surface area contributed by atoms with Crippen LogP contribution in [0.1, 0.15) is 13.8 Å². The average molecular weight is 148 g/mol. The van der Waals surface area contributed by atoms with Gasteiger partial charge in [-0.25, -0.2) is 0 Å². The molecule has 0 saturated heterocycles. The molecule has 0 aliphatic rings. The van der Waals surface area contributed by atoms with E-state index in [1.807, 2.05) is 0 Å². The Morgan fingerprint density at radius 1 is 1.78 bits per heavy atom. The Balaban J connectivity index is 4.04. The molecule has 0 bridgehead atoms. The molecule has 0 aromatic carbocycles. The highest BCUT2D eigenvalue weighted by molar-refractivity contribution is 7.81. The minimum Gasteiger partial charge on any atom is -0.548 e. The number of carbonyl (C=O) groups is 1. The summed E-state index contributed by atoms with van der Waals surface area (Å²) in [7, 11) is 0. The van der Waals surface area contributed by atoms with Crippen LogP contribution in [-0.2, 0) is 4.79 Å². The molecule has 0 aliphatic carbocycles. The second-order valence-corrected chi connectivity index (χ2v) is 3.60. The molecule has 0 saturated carbocycles. The fourth-order valence-corrected chi connectivity index (χ4v) is 0.394. The molecular formula is C5H10NO2S-. The van der Waals surface area contributed by atoms with Gasteiger partial charge in [0.15, 0.2) is 0 Å². The first-order chi connectivity index (χ1) is 3.85. The summed E-state index contributed by atoms with van der Waals surface area (Å²) in [5, 5.41) is 10.1. The summed E-state index contributed by atoms with van der Waals surface area (Å²) < 4.78 is -0.709. The first-order valence-corrected chi connectivity index (χ1v) is 2.99. The highest BCUT2D eigenvalue weighted by Gasteiger charge is 2.22. The largest absolute Gasteiger partial charge is 0.548 e. The van der Waals surface area contributed by atoms with Crippen LogP contribution in [0.3, 0.4) is 0 Å². The lowest BCUT2D eigenvalue weighted by atomic mass is 10.1. The van der Waals surface area contributed by atoms with E-state index in [0.29, 0.717) is 0 Å². The summed E-state index contributed by atoms with van der Waals surface area (Å²) in [6.07, 6.45) is 0. The molecule has 2 N–H and O–H groups in total. The SMILES string of the molecule is CC(C)(S)C(N)C(=O)[O-]. The molecule has 9 heavy (non-hydrogen) atoms. The maximum atomic E-state index is 10.1. The van der Waals surface area contributed by atoms with Gasteiger partial charge in [-0.3, -0.25) is 0 Å². The van der Waals surface area contributed by atoms with Gasteiger partial charge in [-0.15, -0.1) is 0 Å². The molecule has 0 rings (SSSR count). The molecule has 4 heteroatoms. The summed E-state index contributed by atoms with van der Waals surface area (Å²) in [5.74, 6) is -1.27. The number of hydrogen-bond donors (Lipinski definition) is 2. The summed E-state index contributed by atoms with van der Waals surface area (Å²) >= 11 is 3.94. The van der Waals surface area contributed by atoms with Crippen molar-refractivity contribution in [2.45, 2.75) is 24.6 Å². The molecule has 1 unspecified atom stereocenters. The molecule has 0 fully saturated rings. The number of carbonyl (C=O) groups excluding carboxylic acids is 1. The van der Waals surface area contributed by atoms with Gasteiger partial charge in [0.05, 0.1) is 12.0 Å². The van der Waals surface area contributed by atoms with Crippen LogP contribution in [0.25, 0.3) is 0 Å². The van der Waals surface area contributed by atoms with Crippen molar-refractivity contribution in [3.05, 3.63) is 0 Å². The van der Waals surface area contributed by atoms with Crippen LogP contribution in [0, 0.1) is 0 Å². The third-order valence-corrected chi connectivity index (χ3v) is 1.29. The van der Waals surface area contributed by atoms with Gasteiger partial charge in [0.1, 0.15) is 0 Å². The lowest BCUT2D eigenvalue weighted by Gasteiger charge is -2.26. The molecule has 54 valence electrons. The van der Waals surface area contributed by atoms with E-state index in [4.69, 9.17) is 5.73 Å². The fraction of sp³-hybridized carbons (Fsp3) is 0.800. The third-order valence-electron chi connectivity index (χ3n) is 1.02. The molecule has 0 amide bonds. The van der Waals surface area contributed by atoms with Crippen LogP contribution in [-0.4, -0.2) is 16.8 Å². The average Bonchev–Trinajstić information content (AvgIpc) is 1.62. The van der Waals surface area contributed by atoms with Gasteiger partial charge in [0.25, 0.3) is 0 Å². The van der Waals surface area contributed by atoms with E-state index in [1.165, 1.54) is 0 Å². The maximum absolute atomic E-state index is 10.1. The van der Waals surface area contributed by atoms with E-state index in [9.17, 15) is 9.90 Å². The van der Waals surface area contributed by atoms with E-state index >= 15 is 0 Å². The number of aliphatic carboxylic acids is 1. The van der Waals surface area contributed by atoms with E-state index in [2.05, 4.69) is 12.6 Å². The Morgan fingerprint density at radius 3 is 2.11 bits per heavy atom. The van der Waals surface area contributed by atoms with Crippen molar-refractivity contribution in [1.82, 2.24) is 0 Å². The molecular weight excluding hydrogens is 138 g/mol. The van der Waals surface area contributed by atoms with Crippen molar-refractivity contribution in [3.63, 3.8) is 0 Å². The Morgan fingerprint density at radius 2 is 2.11 bits per heavy atom. The van der Waals surface area contributed by atoms with Gasteiger partial charge in [-0.2, -0.15) is 12.6 Å². The number of carboxylic acid groups (broad SMARTS) is 1. The second-order valence-electron chi connectivity index (χ2n) is 2.45. The highest BCUT2D eigenvalue weighted by atomic mass is 32.1. The second kappa shape index (κ2) is 2.58. The summed E-state index contributed by atoms with van der Waals surface area (Å²) in [6.45, 7) is 3.24. The normalized spacial score (nSPS) is 15.1. The van der Waals surface area contributed by atoms with Crippen molar-refractivity contribution >= 4 is 18.6 Å². The lowest BCUT2D eigenvalue weighted by molar-refractivity contribution is -0.308. The van der Waals surface area contributed by atoms with Gasteiger partial charge in [0, 0.05) is 4.75 Å². The fourth-order valence-electron chi connectivity index (χ4n) is 0.288. The molecule has 0 aliphatic heterocycles. The van der Waals surface area contributed by atoms with Crippen LogP contribution in [0.2, 0.25) is 0 Å². The van der Waals surface area contributed by atoms with Crippen molar-refractivity contribution in [2.75, 3.05) is 0 Å². The number of hydrogen-bond acceptors (Lipinski definition) is 4. The lowest BCUT2D eigenvalue weighted by Crippen LogP contribution is -2.52. The zero-order valence-corrected chi connectivity index (χ0v) is 6.31. The highest BCUT2D eigenvalue weighted by Crippen LogP contribution is 2.14. The van der Waals surface area contributed by atoms with Crippen LogP contribution >= 0.6 is 12.6 Å². The Labute approximate surface area is 59.6 Å². The first kappa shape index (κ1) is 8.78. The van der Waals surface area contributed by atoms with Crippen LogP contribution < -0.4 is 10.8 Å². The van der Waals surface area contributed by atoms with Crippen molar-refractivity contribution in [1.29, 1.82) is 0 Å². The summed E-state index contributed by atoms with van der Waals surface area (Å²) in [4.78, 5) is 10.1. The molecule has 1 atom stereocenters. The molecule has 0 spiro atoms. The van der Waals surface area contributed by atoms with Crippen LogP contribution in [0.15, 0.2) is 0 Å². The number of rotatable bonds is 2. The van der Waals surface area contributed by atoms with Crippen molar-refractivity contribution in [2.24, 2.45) is 5.73 Å². The molecule has 3 nitrogen and oxygen atoms in total. The molecule has 0 radical (unpaired) electrons. The minimum atomic E-state index is -1.27. The monoisotopic (exact) mass is 148 g/mol. The van der Waals surface area contributed by atoms with Gasteiger partial charge in [-0.05, 0) is 13.8 Å². The number of thiol groups is 1. The van der Waals surface area contributed by atoms with Gasteiger partial charge in [-0.1, -0.05) is 0 Å². The van der Waals surface area contributed by atoms with Crippen LogP contribution in [0.4, 0.5) is 0 Å². The predicted molar refractivity (Wildman–Crippen MR) is 36.0 cm³/mol. The minimum absolute atomic E-state index is 0.709. The quantitative estimate of drug-likeness (QED) is 0.482. The van der Waals surface area contributed by atoms with Crippen molar-refractivity contribution < 1.29 is 9.90 Å². The van der Waals surface area contributed by atoms with Gasteiger partial charge < -0.3 is 15.6 Å². The summed E-state index contributed by atoms with van der Waals surface area (Å²) in [6, 6.07) is -1.01. The molecule has 0 heterocycles. The van der Waals surface area contributed by atoms with E-state index < -0.39 is 16.8 Å². The third kappa shape index (κ3) is 2.72. The van der Waals surface area contributed by atoms with E-state index in [0.717, 1.165) is 0 Å². The topological polar surface area (TPSA) is 66.2 Å². The molecule has 0 aromatic rings. The van der Waals surface area contributed by atoms with E-state index in [1.54, 1.807) is 13.8 Å². The van der Waals surface area contributed by atoms with Crippen molar-refractivity contribution in [3.8, 4) is 0 Å². The Hall–Kier alpha value is -0.220. The summed E-state index contributed by atoms with van der Waals surface area (Å²) in [5.41, 5.74) is 5.16. The van der Waals surface area contributed by atoms with Gasteiger partial charge in [0.2, 0.25) is 0 Å². The first-order valence-electron chi connectivity index (χ1n) is 2.54. The molecule has 0 aromatic heterocycles. The Kier molecular flexibility index (Phi) is 2.51. The van der Waals surface area contributed by atoms with Crippen LogP contribution in [0.5, 0.6) is 0 Å². The maximum Gasteiger partial charge on any atom is 0.0596 e. The standard InChI is InChI=1S/C5H11NO2S/c1-5(2,9)3(6)4(7)8/h3,9H,6H2,1-2H3,(H,7,8)/p-1. The number of nitrogens with two attached hydrogens (primary N) is 1. The van der Waals surface area contributed by atoms with E-state index in [-0.39, 0.29) is 0 Å². The zero-order valence-electron chi connectivity index (χ0n) is 5.42.